The number of aryl methyl sites for hydroxylation is 1. The number of fused-ring (bicyclic) bond motifs is 1. The van der Waals surface area contributed by atoms with Crippen LogP contribution in [0.4, 0.5) is 0 Å². The lowest BCUT2D eigenvalue weighted by molar-refractivity contribution is 0.378. The van der Waals surface area contributed by atoms with Crippen molar-refractivity contribution < 1.29 is 0 Å². The topological polar surface area (TPSA) is 29.9 Å². The van der Waals surface area contributed by atoms with Crippen LogP contribution in [0.3, 0.4) is 0 Å². The minimum Gasteiger partial charge on any atom is -0.317 e. The van der Waals surface area contributed by atoms with Gasteiger partial charge in [-0.3, -0.25) is 4.68 Å². The van der Waals surface area contributed by atoms with Crippen LogP contribution in [-0.4, -0.2) is 22.9 Å². The van der Waals surface area contributed by atoms with Crippen molar-refractivity contribution in [1.82, 2.24) is 15.1 Å². The monoisotopic (exact) mass is 259 g/mol. The SMILES string of the molecule is CCC(Cc1nn(CC)c2ccccc12)C(C)NC. The van der Waals surface area contributed by atoms with Gasteiger partial charge in [0, 0.05) is 18.0 Å². The van der Waals surface area contributed by atoms with Crippen LogP contribution < -0.4 is 5.32 Å². The van der Waals surface area contributed by atoms with Gasteiger partial charge in [-0.05, 0) is 39.3 Å². The van der Waals surface area contributed by atoms with Crippen LogP contribution in [0, 0.1) is 5.92 Å². The molecule has 0 radical (unpaired) electrons. The molecule has 104 valence electrons. The van der Waals surface area contributed by atoms with Crippen molar-refractivity contribution in [3.63, 3.8) is 0 Å². The molecule has 0 aliphatic rings. The minimum atomic E-state index is 0.524. The summed E-state index contributed by atoms with van der Waals surface area (Å²) in [5, 5.41) is 9.48. The molecule has 0 aliphatic heterocycles. The van der Waals surface area contributed by atoms with Gasteiger partial charge in [0.05, 0.1) is 11.2 Å². The van der Waals surface area contributed by atoms with Crippen LogP contribution in [0.2, 0.25) is 0 Å². The number of nitrogens with zero attached hydrogens (tertiary/aromatic N) is 2. The van der Waals surface area contributed by atoms with E-state index in [2.05, 4.69) is 55.0 Å². The van der Waals surface area contributed by atoms with E-state index in [4.69, 9.17) is 5.10 Å². The van der Waals surface area contributed by atoms with E-state index in [-0.39, 0.29) is 0 Å². The van der Waals surface area contributed by atoms with Gasteiger partial charge >= 0.3 is 0 Å². The number of para-hydroxylation sites is 1. The Morgan fingerprint density at radius 1 is 1.26 bits per heavy atom. The number of benzene rings is 1. The molecular formula is C16H25N3. The predicted molar refractivity (Wildman–Crippen MR) is 81.4 cm³/mol. The van der Waals surface area contributed by atoms with Crippen molar-refractivity contribution >= 4 is 10.9 Å². The van der Waals surface area contributed by atoms with Gasteiger partial charge in [0.25, 0.3) is 0 Å². The summed E-state index contributed by atoms with van der Waals surface area (Å²) in [6, 6.07) is 9.08. The fraction of sp³-hybridized carbons (Fsp3) is 0.562. The van der Waals surface area contributed by atoms with E-state index in [0.29, 0.717) is 12.0 Å². The molecule has 0 aliphatic carbocycles. The lowest BCUT2D eigenvalue weighted by Gasteiger charge is -2.21. The van der Waals surface area contributed by atoms with Gasteiger partial charge < -0.3 is 5.32 Å². The Morgan fingerprint density at radius 3 is 2.63 bits per heavy atom. The summed E-state index contributed by atoms with van der Waals surface area (Å²) in [6.45, 7) is 7.60. The Morgan fingerprint density at radius 2 is 2.00 bits per heavy atom. The lowest BCUT2D eigenvalue weighted by atomic mass is 9.92. The molecule has 3 heteroatoms. The van der Waals surface area contributed by atoms with Gasteiger partial charge in [-0.25, -0.2) is 0 Å². The van der Waals surface area contributed by atoms with Crippen LogP contribution in [0.1, 0.15) is 32.9 Å². The fourth-order valence-electron chi connectivity index (χ4n) is 2.75. The van der Waals surface area contributed by atoms with Crippen molar-refractivity contribution in [2.75, 3.05) is 7.05 Å². The Balaban J connectivity index is 2.34. The van der Waals surface area contributed by atoms with Crippen molar-refractivity contribution in [2.24, 2.45) is 5.92 Å². The number of hydrogen-bond acceptors (Lipinski definition) is 2. The summed E-state index contributed by atoms with van der Waals surface area (Å²) in [5.74, 6) is 0.633. The van der Waals surface area contributed by atoms with Gasteiger partial charge in [0.1, 0.15) is 0 Å². The van der Waals surface area contributed by atoms with Gasteiger partial charge in [-0.15, -0.1) is 0 Å². The first-order valence-electron chi connectivity index (χ1n) is 7.32. The van der Waals surface area contributed by atoms with Crippen LogP contribution in [-0.2, 0) is 13.0 Å². The maximum atomic E-state index is 4.80. The van der Waals surface area contributed by atoms with E-state index < -0.39 is 0 Å². The largest absolute Gasteiger partial charge is 0.317 e. The third-order valence-corrected chi connectivity index (χ3v) is 4.18. The summed E-state index contributed by atoms with van der Waals surface area (Å²) in [7, 11) is 2.04. The standard InChI is InChI=1S/C16H25N3/c1-5-13(12(3)17-4)11-15-14-9-7-8-10-16(14)19(6-2)18-15/h7-10,12-13,17H,5-6,11H2,1-4H3. The van der Waals surface area contributed by atoms with E-state index >= 15 is 0 Å². The Kier molecular flexibility index (Phi) is 4.59. The van der Waals surface area contributed by atoms with E-state index in [1.54, 1.807) is 0 Å². The molecule has 2 atom stereocenters. The summed E-state index contributed by atoms with van der Waals surface area (Å²) in [6.07, 6.45) is 2.22. The lowest BCUT2D eigenvalue weighted by Crippen LogP contribution is -2.31. The third kappa shape index (κ3) is 2.81. The summed E-state index contributed by atoms with van der Waals surface area (Å²) >= 11 is 0. The Labute approximate surface area is 116 Å². The second kappa shape index (κ2) is 6.20. The summed E-state index contributed by atoms with van der Waals surface area (Å²) < 4.78 is 2.11. The average Bonchev–Trinajstić information content (AvgIpc) is 2.82. The van der Waals surface area contributed by atoms with Crippen molar-refractivity contribution in [3.05, 3.63) is 30.0 Å². The smallest absolute Gasteiger partial charge is 0.0706 e. The average molecular weight is 259 g/mol. The molecule has 0 bridgehead atoms. The molecule has 0 fully saturated rings. The normalized spacial score (nSPS) is 14.7. The maximum Gasteiger partial charge on any atom is 0.0706 e. The highest BCUT2D eigenvalue weighted by molar-refractivity contribution is 5.81. The highest BCUT2D eigenvalue weighted by atomic mass is 15.3. The molecule has 3 nitrogen and oxygen atoms in total. The van der Waals surface area contributed by atoms with Gasteiger partial charge in [0.2, 0.25) is 0 Å². The first-order chi connectivity index (χ1) is 9.21. The first-order valence-corrected chi connectivity index (χ1v) is 7.32. The van der Waals surface area contributed by atoms with Crippen molar-refractivity contribution in [3.8, 4) is 0 Å². The second-order valence-corrected chi connectivity index (χ2v) is 5.23. The van der Waals surface area contributed by atoms with Gasteiger partial charge in [0.15, 0.2) is 0 Å². The number of rotatable bonds is 6. The summed E-state index contributed by atoms with van der Waals surface area (Å²) in [4.78, 5) is 0. The molecule has 1 aromatic heterocycles. The minimum absolute atomic E-state index is 0.524. The highest BCUT2D eigenvalue weighted by Gasteiger charge is 2.18. The molecule has 0 saturated heterocycles. The van der Waals surface area contributed by atoms with Crippen molar-refractivity contribution in [2.45, 2.75) is 46.2 Å². The van der Waals surface area contributed by atoms with Crippen LogP contribution >= 0.6 is 0 Å². The van der Waals surface area contributed by atoms with E-state index in [1.165, 1.54) is 23.0 Å². The summed E-state index contributed by atoms with van der Waals surface area (Å²) in [5.41, 5.74) is 2.50. The van der Waals surface area contributed by atoms with E-state index in [0.717, 1.165) is 13.0 Å². The molecule has 1 aromatic carbocycles. The van der Waals surface area contributed by atoms with Crippen LogP contribution in [0.5, 0.6) is 0 Å². The number of hydrogen-bond donors (Lipinski definition) is 1. The van der Waals surface area contributed by atoms with E-state index in [1.807, 2.05) is 7.05 Å². The molecule has 19 heavy (non-hydrogen) atoms. The van der Waals surface area contributed by atoms with Gasteiger partial charge in [-0.1, -0.05) is 31.5 Å². The molecule has 0 amide bonds. The maximum absolute atomic E-state index is 4.80. The predicted octanol–water partition coefficient (Wildman–Crippen LogP) is 3.23. The molecule has 2 aromatic rings. The fourth-order valence-corrected chi connectivity index (χ4v) is 2.75. The number of nitrogens with one attached hydrogen (secondary N) is 1. The van der Waals surface area contributed by atoms with Gasteiger partial charge in [-0.2, -0.15) is 5.10 Å². The molecule has 2 unspecified atom stereocenters. The zero-order valence-corrected chi connectivity index (χ0v) is 12.5. The molecule has 0 spiro atoms. The molecule has 0 saturated carbocycles. The zero-order chi connectivity index (χ0) is 13.8. The first kappa shape index (κ1) is 14.1. The Bertz CT molecular complexity index is 530. The highest BCUT2D eigenvalue weighted by Crippen LogP contribution is 2.23. The molecule has 1 heterocycles. The second-order valence-electron chi connectivity index (χ2n) is 5.23. The molecule has 1 N–H and O–H groups in total. The van der Waals surface area contributed by atoms with Crippen LogP contribution in [0.15, 0.2) is 24.3 Å². The van der Waals surface area contributed by atoms with Crippen LogP contribution in [0.25, 0.3) is 10.9 Å². The zero-order valence-electron chi connectivity index (χ0n) is 12.5. The Hall–Kier alpha value is -1.35. The van der Waals surface area contributed by atoms with E-state index in [9.17, 15) is 0 Å². The third-order valence-electron chi connectivity index (χ3n) is 4.18. The number of aromatic nitrogens is 2. The van der Waals surface area contributed by atoms with Crippen molar-refractivity contribution in [1.29, 1.82) is 0 Å². The quantitative estimate of drug-likeness (QED) is 0.863. The molecular weight excluding hydrogens is 234 g/mol. The molecule has 2 rings (SSSR count).